The molecule has 0 spiro atoms. The zero-order valence-corrected chi connectivity index (χ0v) is 17.2. The summed E-state index contributed by atoms with van der Waals surface area (Å²) in [5, 5.41) is 2.75. The summed E-state index contributed by atoms with van der Waals surface area (Å²) in [6.45, 7) is 9.95. The first-order valence-corrected chi connectivity index (χ1v) is 10.6. The SMILES string of the molecule is Cc1ccc(CS(=O)(=O)NC(=O)Nc2c(C(C)C)cccc2C(C)C)cn1. The Labute approximate surface area is 161 Å². The van der Waals surface area contributed by atoms with Crippen molar-refractivity contribution in [3.05, 3.63) is 58.9 Å². The first-order valence-electron chi connectivity index (χ1n) is 8.95. The molecule has 2 rings (SSSR count). The van der Waals surface area contributed by atoms with Crippen molar-refractivity contribution < 1.29 is 13.2 Å². The molecule has 1 heterocycles. The van der Waals surface area contributed by atoms with Crippen LogP contribution in [0.5, 0.6) is 0 Å². The summed E-state index contributed by atoms with van der Waals surface area (Å²) in [6, 6.07) is 8.50. The molecule has 1 aromatic heterocycles. The van der Waals surface area contributed by atoms with Gasteiger partial charge in [0.25, 0.3) is 0 Å². The number of aryl methyl sites for hydroxylation is 1. The molecule has 0 saturated carbocycles. The summed E-state index contributed by atoms with van der Waals surface area (Å²) in [5.74, 6) is 0.0693. The molecule has 0 fully saturated rings. The monoisotopic (exact) mass is 389 g/mol. The fourth-order valence-electron chi connectivity index (χ4n) is 2.81. The van der Waals surface area contributed by atoms with Gasteiger partial charge in [-0.25, -0.2) is 17.9 Å². The molecule has 7 heteroatoms. The normalized spacial score (nSPS) is 11.7. The molecular weight excluding hydrogens is 362 g/mol. The van der Waals surface area contributed by atoms with Crippen LogP contribution in [0.1, 0.15) is 61.9 Å². The Morgan fingerprint density at radius 3 is 2.11 bits per heavy atom. The van der Waals surface area contributed by atoms with E-state index in [1.807, 2.05) is 52.8 Å². The standard InChI is InChI=1S/C20H27N3O3S/c1-13(2)17-7-6-8-18(14(3)4)19(17)22-20(24)23-27(25,26)12-16-10-9-15(5)21-11-16/h6-11,13-14H,12H2,1-5H3,(H2,22,23,24). The van der Waals surface area contributed by atoms with Crippen LogP contribution in [-0.4, -0.2) is 19.4 Å². The van der Waals surface area contributed by atoms with Gasteiger partial charge in [-0.05, 0) is 41.5 Å². The highest BCUT2D eigenvalue weighted by atomic mass is 32.2. The molecule has 0 atom stereocenters. The topological polar surface area (TPSA) is 88.2 Å². The van der Waals surface area contributed by atoms with Gasteiger partial charge in [-0.1, -0.05) is 52.0 Å². The molecule has 0 unspecified atom stereocenters. The number of nitrogens with one attached hydrogen (secondary N) is 2. The highest BCUT2D eigenvalue weighted by molar-refractivity contribution is 7.89. The number of carbonyl (C=O) groups is 1. The summed E-state index contributed by atoms with van der Waals surface area (Å²) in [6.07, 6.45) is 1.50. The Balaban J connectivity index is 2.18. The summed E-state index contributed by atoms with van der Waals surface area (Å²) in [5.41, 5.74) is 3.93. The maximum Gasteiger partial charge on any atom is 0.332 e. The van der Waals surface area contributed by atoms with Gasteiger partial charge in [-0.3, -0.25) is 4.98 Å². The lowest BCUT2D eigenvalue weighted by molar-refractivity contribution is 0.256. The third-order valence-corrected chi connectivity index (χ3v) is 5.40. The van der Waals surface area contributed by atoms with Crippen LogP contribution in [0.3, 0.4) is 0 Å². The fraction of sp³-hybridized carbons (Fsp3) is 0.400. The maximum absolute atomic E-state index is 12.4. The Hall–Kier alpha value is -2.41. The van der Waals surface area contributed by atoms with Gasteiger partial charge in [0.1, 0.15) is 0 Å². The van der Waals surface area contributed by atoms with Crippen molar-refractivity contribution in [3.63, 3.8) is 0 Å². The van der Waals surface area contributed by atoms with E-state index in [2.05, 4.69) is 15.0 Å². The van der Waals surface area contributed by atoms with E-state index in [1.54, 1.807) is 12.1 Å². The van der Waals surface area contributed by atoms with E-state index in [-0.39, 0.29) is 17.6 Å². The van der Waals surface area contributed by atoms with E-state index in [4.69, 9.17) is 0 Å². The molecule has 2 aromatic rings. The molecule has 146 valence electrons. The Bertz CT molecular complexity index is 878. The van der Waals surface area contributed by atoms with E-state index in [0.717, 1.165) is 16.8 Å². The molecule has 2 N–H and O–H groups in total. The molecule has 0 aliphatic heterocycles. The van der Waals surface area contributed by atoms with Crippen molar-refractivity contribution in [2.45, 2.75) is 52.2 Å². The van der Waals surface area contributed by atoms with Crippen LogP contribution in [-0.2, 0) is 15.8 Å². The number of urea groups is 1. The first kappa shape index (κ1) is 20.9. The van der Waals surface area contributed by atoms with E-state index in [0.29, 0.717) is 11.3 Å². The van der Waals surface area contributed by atoms with Crippen LogP contribution in [0.4, 0.5) is 10.5 Å². The molecule has 0 aliphatic rings. The number of hydrogen-bond donors (Lipinski definition) is 2. The number of hydrogen-bond acceptors (Lipinski definition) is 4. The zero-order valence-electron chi connectivity index (χ0n) is 16.4. The van der Waals surface area contributed by atoms with Crippen LogP contribution in [0.25, 0.3) is 0 Å². The average molecular weight is 390 g/mol. The smallest absolute Gasteiger partial charge is 0.307 e. The number of anilines is 1. The van der Waals surface area contributed by atoms with Crippen molar-refractivity contribution >= 4 is 21.7 Å². The van der Waals surface area contributed by atoms with E-state index in [9.17, 15) is 13.2 Å². The van der Waals surface area contributed by atoms with Gasteiger partial charge in [0, 0.05) is 17.6 Å². The number of carbonyl (C=O) groups excluding carboxylic acids is 1. The summed E-state index contributed by atoms with van der Waals surface area (Å²) < 4.78 is 26.7. The third kappa shape index (κ3) is 5.79. The van der Waals surface area contributed by atoms with E-state index >= 15 is 0 Å². The largest absolute Gasteiger partial charge is 0.332 e. The van der Waals surface area contributed by atoms with Crippen molar-refractivity contribution in [1.29, 1.82) is 0 Å². The minimum atomic E-state index is -3.84. The molecule has 0 bridgehead atoms. The lowest BCUT2D eigenvalue weighted by Crippen LogP contribution is -2.35. The van der Waals surface area contributed by atoms with Crippen molar-refractivity contribution in [3.8, 4) is 0 Å². The summed E-state index contributed by atoms with van der Waals surface area (Å²) in [7, 11) is -3.84. The Morgan fingerprint density at radius 1 is 1.04 bits per heavy atom. The quantitative estimate of drug-likeness (QED) is 0.771. The molecule has 27 heavy (non-hydrogen) atoms. The van der Waals surface area contributed by atoms with Gasteiger partial charge in [0.2, 0.25) is 10.0 Å². The van der Waals surface area contributed by atoms with Gasteiger partial charge in [-0.15, -0.1) is 0 Å². The molecule has 0 radical (unpaired) electrons. The number of pyridine rings is 1. The van der Waals surface area contributed by atoms with Gasteiger partial charge in [0.05, 0.1) is 5.75 Å². The number of para-hydroxylation sites is 1. The van der Waals surface area contributed by atoms with Gasteiger partial charge in [-0.2, -0.15) is 0 Å². The summed E-state index contributed by atoms with van der Waals surface area (Å²) >= 11 is 0. The predicted molar refractivity (Wildman–Crippen MR) is 108 cm³/mol. The van der Waals surface area contributed by atoms with Crippen LogP contribution >= 0.6 is 0 Å². The van der Waals surface area contributed by atoms with Gasteiger partial charge in [0.15, 0.2) is 0 Å². The molecule has 0 saturated heterocycles. The third-order valence-electron chi connectivity index (χ3n) is 4.19. The lowest BCUT2D eigenvalue weighted by atomic mass is 9.93. The van der Waals surface area contributed by atoms with Crippen molar-refractivity contribution in [1.82, 2.24) is 9.71 Å². The zero-order chi connectivity index (χ0) is 20.2. The maximum atomic E-state index is 12.4. The van der Waals surface area contributed by atoms with Crippen LogP contribution in [0, 0.1) is 6.92 Å². The second-order valence-electron chi connectivity index (χ2n) is 7.24. The number of nitrogens with zero attached hydrogens (tertiary/aromatic N) is 1. The molecule has 6 nitrogen and oxygen atoms in total. The minimum absolute atomic E-state index is 0.189. The van der Waals surface area contributed by atoms with Crippen molar-refractivity contribution in [2.75, 3.05) is 5.32 Å². The predicted octanol–water partition coefficient (Wildman–Crippen LogP) is 4.29. The molecule has 1 aromatic carbocycles. The lowest BCUT2D eigenvalue weighted by Gasteiger charge is -2.20. The minimum Gasteiger partial charge on any atom is -0.307 e. The Morgan fingerprint density at radius 2 is 1.63 bits per heavy atom. The number of benzene rings is 1. The van der Waals surface area contributed by atoms with Crippen LogP contribution in [0.2, 0.25) is 0 Å². The first-order chi connectivity index (χ1) is 12.6. The van der Waals surface area contributed by atoms with Gasteiger partial charge >= 0.3 is 6.03 Å². The number of amides is 2. The van der Waals surface area contributed by atoms with Crippen molar-refractivity contribution in [2.24, 2.45) is 0 Å². The van der Waals surface area contributed by atoms with Gasteiger partial charge < -0.3 is 5.32 Å². The molecule has 0 aliphatic carbocycles. The number of aromatic nitrogens is 1. The van der Waals surface area contributed by atoms with E-state index < -0.39 is 16.1 Å². The number of rotatable bonds is 6. The molecule has 2 amide bonds. The number of sulfonamides is 1. The highest BCUT2D eigenvalue weighted by Gasteiger charge is 2.20. The van der Waals surface area contributed by atoms with Crippen LogP contribution in [0.15, 0.2) is 36.5 Å². The second-order valence-corrected chi connectivity index (χ2v) is 8.97. The van der Waals surface area contributed by atoms with Crippen LogP contribution < -0.4 is 10.0 Å². The van der Waals surface area contributed by atoms with E-state index in [1.165, 1.54) is 6.20 Å². The fourth-order valence-corrected chi connectivity index (χ4v) is 3.83. The average Bonchev–Trinajstić information content (AvgIpc) is 2.55. The highest BCUT2D eigenvalue weighted by Crippen LogP contribution is 2.32. The Kier molecular flexibility index (Phi) is 6.59. The molecular formula is C20H27N3O3S. The second kappa shape index (κ2) is 8.52. The summed E-state index contributed by atoms with van der Waals surface area (Å²) in [4.78, 5) is 16.5.